The predicted octanol–water partition coefficient (Wildman–Crippen LogP) is 4.87. The van der Waals surface area contributed by atoms with Crippen molar-refractivity contribution in [2.24, 2.45) is 0 Å². The summed E-state index contributed by atoms with van der Waals surface area (Å²) in [7, 11) is 0. The lowest BCUT2D eigenvalue weighted by Crippen LogP contribution is -2.41. The SMILES string of the molecule is CC(=O)c1cc(C)c(NC(=O)c2cc(Cn3nnc(C(F)(F)F)n3)nn2-c2ccccc2Cl)c(C(=O)NC(C)(C)C)c1. The second-order valence-electron chi connectivity index (χ2n) is 10.5. The second kappa shape index (κ2) is 11.4. The molecule has 2 amide bonds. The zero-order valence-electron chi connectivity index (χ0n) is 23.2. The molecular weight excluding hydrogens is 577 g/mol. The fourth-order valence-corrected chi connectivity index (χ4v) is 4.18. The van der Waals surface area contributed by atoms with Gasteiger partial charge in [-0.25, -0.2) is 4.68 Å². The van der Waals surface area contributed by atoms with Crippen LogP contribution in [-0.4, -0.2) is 53.1 Å². The normalized spacial score (nSPS) is 11.8. The molecular formula is C27H26ClF3N8O3. The van der Waals surface area contributed by atoms with Gasteiger partial charge in [-0.15, -0.1) is 10.2 Å². The number of tetrazole rings is 1. The predicted molar refractivity (Wildman–Crippen MR) is 147 cm³/mol. The number of anilines is 1. The van der Waals surface area contributed by atoms with Crippen LogP contribution in [0.15, 0.2) is 42.5 Å². The molecule has 0 fully saturated rings. The van der Waals surface area contributed by atoms with Gasteiger partial charge in [0.2, 0.25) is 0 Å². The quantitative estimate of drug-likeness (QED) is 0.288. The lowest BCUT2D eigenvalue weighted by Gasteiger charge is -2.22. The largest absolute Gasteiger partial charge is 0.455 e. The first-order valence-corrected chi connectivity index (χ1v) is 12.9. The minimum Gasteiger partial charge on any atom is -0.347 e. The monoisotopic (exact) mass is 602 g/mol. The molecule has 2 N–H and O–H groups in total. The van der Waals surface area contributed by atoms with E-state index in [1.807, 2.05) is 0 Å². The third-order valence-electron chi connectivity index (χ3n) is 5.80. The molecule has 2 aromatic heterocycles. The number of nitrogens with zero attached hydrogens (tertiary/aromatic N) is 6. The van der Waals surface area contributed by atoms with Crippen molar-refractivity contribution in [1.29, 1.82) is 0 Å². The van der Waals surface area contributed by atoms with Gasteiger partial charge in [-0.3, -0.25) is 14.4 Å². The van der Waals surface area contributed by atoms with E-state index < -0.39 is 29.4 Å². The number of halogens is 4. The van der Waals surface area contributed by atoms with E-state index in [4.69, 9.17) is 11.6 Å². The molecule has 0 unspecified atom stereocenters. The number of ketones is 1. The minimum atomic E-state index is -4.78. The summed E-state index contributed by atoms with van der Waals surface area (Å²) in [6.45, 7) is 8.03. The van der Waals surface area contributed by atoms with Crippen LogP contribution in [0.25, 0.3) is 5.69 Å². The van der Waals surface area contributed by atoms with Gasteiger partial charge in [-0.2, -0.15) is 23.1 Å². The van der Waals surface area contributed by atoms with E-state index in [2.05, 4.69) is 31.1 Å². The molecule has 4 rings (SSSR count). The van der Waals surface area contributed by atoms with Crippen molar-refractivity contribution in [3.8, 4) is 5.69 Å². The van der Waals surface area contributed by atoms with Crippen molar-refractivity contribution in [3.05, 3.63) is 81.4 Å². The molecule has 2 aromatic carbocycles. The third-order valence-corrected chi connectivity index (χ3v) is 6.12. The van der Waals surface area contributed by atoms with Crippen molar-refractivity contribution < 1.29 is 27.6 Å². The Morgan fingerprint density at radius 1 is 1.00 bits per heavy atom. The van der Waals surface area contributed by atoms with E-state index in [0.717, 1.165) is 0 Å². The highest BCUT2D eigenvalue weighted by Gasteiger charge is 2.37. The zero-order chi connectivity index (χ0) is 31.0. The smallest absolute Gasteiger partial charge is 0.347 e. The number of benzene rings is 2. The summed E-state index contributed by atoms with van der Waals surface area (Å²) < 4.78 is 40.1. The van der Waals surface area contributed by atoms with Gasteiger partial charge >= 0.3 is 6.18 Å². The maximum absolute atomic E-state index is 13.7. The van der Waals surface area contributed by atoms with E-state index in [0.29, 0.717) is 16.0 Å². The van der Waals surface area contributed by atoms with Crippen molar-refractivity contribution in [2.75, 3.05) is 5.32 Å². The van der Waals surface area contributed by atoms with Crippen LogP contribution >= 0.6 is 11.6 Å². The van der Waals surface area contributed by atoms with Gasteiger partial charge in [0.25, 0.3) is 17.6 Å². The summed E-state index contributed by atoms with van der Waals surface area (Å²) in [5.74, 6) is -2.91. The van der Waals surface area contributed by atoms with Crippen LogP contribution in [0.4, 0.5) is 18.9 Å². The number of nitrogens with one attached hydrogen (secondary N) is 2. The Balaban J connectivity index is 1.77. The van der Waals surface area contributed by atoms with E-state index in [9.17, 15) is 27.6 Å². The number of hydrogen-bond donors (Lipinski definition) is 2. The maximum atomic E-state index is 13.7. The van der Waals surface area contributed by atoms with Crippen LogP contribution < -0.4 is 10.6 Å². The molecule has 0 saturated heterocycles. The average molecular weight is 603 g/mol. The minimum absolute atomic E-state index is 0.0496. The van der Waals surface area contributed by atoms with E-state index in [1.165, 1.54) is 23.7 Å². The number of para-hydroxylation sites is 1. The standard InChI is InChI=1S/C27H26ClF3N8O3/c1-14-10-16(15(2)40)11-18(23(41)33-26(3,4)5)22(14)32-24(42)21-12-17(13-38-36-25(34-37-38)27(29,30)31)35-39(21)20-9-7-6-8-19(20)28/h6-12H,13H2,1-5H3,(H,32,42)(H,33,41). The Labute approximate surface area is 243 Å². The van der Waals surface area contributed by atoms with Gasteiger partial charge in [-0.1, -0.05) is 23.7 Å². The summed E-state index contributed by atoms with van der Waals surface area (Å²) in [6, 6.07) is 10.8. The Kier molecular flexibility index (Phi) is 8.21. The molecule has 42 heavy (non-hydrogen) atoms. The molecule has 0 radical (unpaired) electrons. The number of aryl methyl sites for hydroxylation is 1. The van der Waals surface area contributed by atoms with Gasteiger partial charge in [-0.05, 0) is 75.7 Å². The Morgan fingerprint density at radius 2 is 1.69 bits per heavy atom. The Hall–Kier alpha value is -4.59. The summed E-state index contributed by atoms with van der Waals surface area (Å²) in [5.41, 5.74) is 0.737. The van der Waals surface area contributed by atoms with Crippen molar-refractivity contribution in [2.45, 2.75) is 52.9 Å². The summed E-state index contributed by atoms with van der Waals surface area (Å²) in [6.07, 6.45) is -4.78. The van der Waals surface area contributed by atoms with Crippen LogP contribution in [0.5, 0.6) is 0 Å². The van der Waals surface area contributed by atoms with Gasteiger partial charge in [0.05, 0.1) is 27.7 Å². The maximum Gasteiger partial charge on any atom is 0.455 e. The van der Waals surface area contributed by atoms with E-state index >= 15 is 0 Å². The van der Waals surface area contributed by atoms with Gasteiger partial charge < -0.3 is 10.6 Å². The molecule has 0 saturated carbocycles. The Bertz CT molecular complexity index is 1690. The summed E-state index contributed by atoms with van der Waals surface area (Å²) >= 11 is 6.38. The number of Topliss-reactive ketones (excluding diaryl/α,β-unsaturated/α-hetero) is 1. The van der Waals surface area contributed by atoms with Crippen LogP contribution in [-0.2, 0) is 12.7 Å². The molecule has 11 nitrogen and oxygen atoms in total. The molecule has 0 aliphatic rings. The molecule has 0 aliphatic heterocycles. The first-order chi connectivity index (χ1) is 19.5. The average Bonchev–Trinajstić information content (AvgIpc) is 3.52. The Morgan fingerprint density at radius 3 is 2.29 bits per heavy atom. The molecule has 0 bridgehead atoms. The highest BCUT2D eigenvalue weighted by molar-refractivity contribution is 6.32. The highest BCUT2D eigenvalue weighted by Crippen LogP contribution is 2.28. The zero-order valence-corrected chi connectivity index (χ0v) is 23.9. The lowest BCUT2D eigenvalue weighted by molar-refractivity contribution is -0.145. The first-order valence-electron chi connectivity index (χ1n) is 12.5. The molecule has 220 valence electrons. The number of rotatable bonds is 7. The fraction of sp³-hybridized carbons (Fsp3) is 0.296. The van der Waals surface area contributed by atoms with Crippen molar-refractivity contribution in [3.63, 3.8) is 0 Å². The number of carbonyl (C=O) groups is 3. The van der Waals surface area contributed by atoms with Crippen LogP contribution in [0.1, 0.15) is 76.0 Å². The lowest BCUT2D eigenvalue weighted by atomic mass is 9.99. The van der Waals surface area contributed by atoms with Gasteiger partial charge in [0.1, 0.15) is 12.2 Å². The third kappa shape index (κ3) is 6.82. The number of carbonyl (C=O) groups excluding carboxylic acids is 3. The first kappa shape index (κ1) is 30.4. The number of hydrogen-bond acceptors (Lipinski definition) is 7. The number of amides is 2. The molecule has 0 aliphatic carbocycles. The number of alkyl halides is 3. The second-order valence-corrected chi connectivity index (χ2v) is 10.9. The van der Waals surface area contributed by atoms with Crippen molar-refractivity contribution in [1.82, 2.24) is 35.3 Å². The molecule has 15 heteroatoms. The van der Waals surface area contributed by atoms with Crippen LogP contribution in [0.2, 0.25) is 5.02 Å². The summed E-state index contributed by atoms with van der Waals surface area (Å²) in [5, 5.41) is 20.0. The molecule has 2 heterocycles. The fourth-order valence-electron chi connectivity index (χ4n) is 3.97. The van der Waals surface area contributed by atoms with Crippen LogP contribution in [0.3, 0.4) is 0 Å². The molecule has 0 atom stereocenters. The highest BCUT2D eigenvalue weighted by atomic mass is 35.5. The van der Waals surface area contributed by atoms with Gasteiger partial charge in [0, 0.05) is 11.1 Å². The summed E-state index contributed by atoms with van der Waals surface area (Å²) in [4.78, 5) is 39.8. The van der Waals surface area contributed by atoms with E-state index in [1.54, 1.807) is 58.0 Å². The van der Waals surface area contributed by atoms with Crippen LogP contribution in [0, 0.1) is 6.92 Å². The molecule has 0 spiro atoms. The van der Waals surface area contributed by atoms with Crippen molar-refractivity contribution >= 4 is 34.9 Å². The number of aromatic nitrogens is 6. The molecule has 4 aromatic rings. The topological polar surface area (TPSA) is 137 Å². The van der Waals surface area contributed by atoms with E-state index in [-0.39, 0.29) is 45.6 Å². The van der Waals surface area contributed by atoms with Gasteiger partial charge in [0.15, 0.2) is 5.78 Å².